The van der Waals surface area contributed by atoms with Gasteiger partial charge in [0.25, 0.3) is 5.88 Å². The monoisotopic (exact) mass is 141 g/mol. The quantitative estimate of drug-likeness (QED) is 0.360. The normalized spacial score (nSPS) is 10.6. The summed E-state index contributed by atoms with van der Waals surface area (Å²) in [6.07, 6.45) is 1.10. The second-order valence-corrected chi connectivity index (χ2v) is 1.69. The third kappa shape index (κ3) is 1.56. The van der Waals surface area contributed by atoms with Gasteiger partial charge in [0.15, 0.2) is 0 Å². The highest BCUT2D eigenvalue weighted by Crippen LogP contribution is 2.10. The molecule has 1 aromatic rings. The molecule has 0 bridgehead atoms. The van der Waals surface area contributed by atoms with Gasteiger partial charge in [-0.25, -0.2) is 0 Å². The first-order valence-corrected chi connectivity index (χ1v) is 2.68. The zero-order valence-corrected chi connectivity index (χ0v) is 5.40. The molecule has 1 rings (SSSR count). The highest BCUT2D eigenvalue weighted by atomic mass is 16.5. The number of aromatic nitrogens is 1. The van der Waals surface area contributed by atoms with Crippen LogP contribution in [0.4, 0.5) is 5.88 Å². The van der Waals surface area contributed by atoms with Crippen LogP contribution in [0.3, 0.4) is 0 Å². The topological polar surface area (TPSA) is 70.7 Å². The smallest absolute Gasteiger partial charge is 0.252 e. The molecule has 0 spiro atoms. The molecule has 0 aliphatic carbocycles. The Kier molecular flexibility index (Phi) is 2.01. The minimum atomic E-state index is 0.360. The summed E-state index contributed by atoms with van der Waals surface area (Å²) in [5.41, 5.74) is 2.50. The van der Waals surface area contributed by atoms with Crippen molar-refractivity contribution in [3.8, 4) is 0 Å². The lowest BCUT2D eigenvalue weighted by Crippen LogP contribution is -2.00. The largest absolute Gasteiger partial charge is 0.336 e. The number of rotatable bonds is 2. The molecule has 0 saturated carbocycles. The summed E-state index contributed by atoms with van der Waals surface area (Å²) >= 11 is 0. The van der Waals surface area contributed by atoms with Gasteiger partial charge in [0, 0.05) is 6.07 Å². The van der Waals surface area contributed by atoms with Crippen molar-refractivity contribution in [1.29, 1.82) is 0 Å². The van der Waals surface area contributed by atoms with Gasteiger partial charge in [0.2, 0.25) is 0 Å². The molecule has 0 atom stereocenters. The molecule has 2 N–H and O–H groups in total. The van der Waals surface area contributed by atoms with E-state index in [1.165, 1.54) is 0 Å². The van der Waals surface area contributed by atoms with Gasteiger partial charge in [-0.1, -0.05) is 5.16 Å². The van der Waals surface area contributed by atoms with E-state index in [1.54, 1.807) is 18.5 Å². The van der Waals surface area contributed by atoms with Crippen LogP contribution in [0.1, 0.15) is 5.69 Å². The molecule has 1 aromatic heterocycles. The maximum Gasteiger partial charge on any atom is 0.252 e. The fourth-order valence-corrected chi connectivity index (χ4v) is 0.503. The molecule has 1 heterocycles. The number of hydrogen-bond acceptors (Lipinski definition) is 4. The van der Waals surface area contributed by atoms with Crippen molar-refractivity contribution < 1.29 is 9.73 Å². The van der Waals surface area contributed by atoms with Crippen molar-refractivity contribution in [1.82, 2.24) is 10.6 Å². The first-order valence-electron chi connectivity index (χ1n) is 2.68. The van der Waals surface area contributed by atoms with Crippen molar-refractivity contribution in [3.63, 3.8) is 0 Å². The van der Waals surface area contributed by atoms with Gasteiger partial charge in [-0.15, -0.1) is 0 Å². The Hall–Kier alpha value is -1.36. The molecule has 5 nitrogen and oxygen atoms in total. The summed E-state index contributed by atoms with van der Waals surface area (Å²) in [6, 6.07) is 1.65. The summed E-state index contributed by atoms with van der Waals surface area (Å²) < 4.78 is 4.67. The lowest BCUT2D eigenvalue weighted by Gasteiger charge is -1.80. The van der Waals surface area contributed by atoms with Gasteiger partial charge in [-0.2, -0.15) is 4.99 Å². The van der Waals surface area contributed by atoms with Crippen molar-refractivity contribution in [2.24, 2.45) is 4.99 Å². The van der Waals surface area contributed by atoms with E-state index in [9.17, 15) is 0 Å². The highest BCUT2D eigenvalue weighted by Gasteiger charge is 1.93. The zero-order valence-electron chi connectivity index (χ0n) is 5.40. The number of aryl methyl sites for hydroxylation is 1. The molecule has 0 amide bonds. The van der Waals surface area contributed by atoms with Crippen molar-refractivity contribution in [2.75, 3.05) is 0 Å². The molecule has 10 heavy (non-hydrogen) atoms. The van der Waals surface area contributed by atoms with E-state index in [2.05, 4.69) is 14.7 Å². The Morgan fingerprint density at radius 1 is 1.90 bits per heavy atom. The van der Waals surface area contributed by atoms with Crippen LogP contribution >= 0.6 is 0 Å². The molecule has 0 fully saturated rings. The van der Waals surface area contributed by atoms with Crippen LogP contribution in [0.2, 0.25) is 0 Å². The Morgan fingerprint density at radius 2 is 2.70 bits per heavy atom. The van der Waals surface area contributed by atoms with Crippen molar-refractivity contribution >= 4 is 12.2 Å². The van der Waals surface area contributed by atoms with Crippen LogP contribution in [0, 0.1) is 6.92 Å². The van der Waals surface area contributed by atoms with Crippen LogP contribution in [-0.4, -0.2) is 16.7 Å². The average Bonchev–Trinajstić information content (AvgIpc) is 2.31. The minimum absolute atomic E-state index is 0.360. The van der Waals surface area contributed by atoms with Crippen molar-refractivity contribution in [3.05, 3.63) is 11.8 Å². The Balaban J connectivity index is 2.67. The van der Waals surface area contributed by atoms with E-state index < -0.39 is 0 Å². The van der Waals surface area contributed by atoms with Crippen LogP contribution in [-0.2, 0) is 0 Å². The average molecular weight is 141 g/mol. The fraction of sp³-hybridized carbons (Fsp3) is 0.200. The third-order valence-corrected chi connectivity index (χ3v) is 0.865. The summed E-state index contributed by atoms with van der Waals surface area (Å²) in [7, 11) is 0. The van der Waals surface area contributed by atoms with Crippen LogP contribution in [0.25, 0.3) is 0 Å². The summed E-state index contributed by atoms with van der Waals surface area (Å²) in [5, 5.41) is 11.6. The highest BCUT2D eigenvalue weighted by molar-refractivity contribution is 5.56. The number of nitrogens with one attached hydrogen (secondary N) is 1. The fourth-order valence-electron chi connectivity index (χ4n) is 0.503. The van der Waals surface area contributed by atoms with Gasteiger partial charge in [0.1, 0.15) is 6.34 Å². The molecule has 0 unspecified atom stereocenters. The van der Waals surface area contributed by atoms with E-state index in [0.717, 1.165) is 12.0 Å². The second-order valence-electron chi connectivity index (χ2n) is 1.69. The van der Waals surface area contributed by atoms with E-state index in [-0.39, 0.29) is 0 Å². The molecule has 0 aliphatic rings. The van der Waals surface area contributed by atoms with Crippen LogP contribution < -0.4 is 5.48 Å². The molecular weight excluding hydrogens is 134 g/mol. The Morgan fingerprint density at radius 3 is 3.20 bits per heavy atom. The molecule has 0 saturated heterocycles. The predicted molar refractivity (Wildman–Crippen MR) is 34.3 cm³/mol. The van der Waals surface area contributed by atoms with E-state index >= 15 is 0 Å². The first kappa shape index (κ1) is 6.76. The third-order valence-electron chi connectivity index (χ3n) is 0.865. The Labute approximate surface area is 57.3 Å². The standard InChI is InChI=1S/C5H7N3O2/c1-4-2-5(10-8-4)6-3-7-9/h2-3,9H,1H3,(H,6,7). The minimum Gasteiger partial charge on any atom is -0.336 e. The van der Waals surface area contributed by atoms with Crippen LogP contribution in [0.5, 0.6) is 0 Å². The van der Waals surface area contributed by atoms with Gasteiger partial charge >= 0.3 is 0 Å². The molecular formula is C5H7N3O2. The summed E-state index contributed by atoms with van der Waals surface area (Å²) in [5.74, 6) is 0.360. The number of aliphatic imine (C=N–C) groups is 1. The molecule has 54 valence electrons. The number of hydroxylamine groups is 1. The molecule has 5 heteroatoms. The molecule has 0 radical (unpaired) electrons. The lowest BCUT2D eigenvalue weighted by atomic mass is 10.5. The SMILES string of the molecule is Cc1cc(N=CNO)on1. The summed E-state index contributed by atoms with van der Waals surface area (Å²) in [6.45, 7) is 1.79. The van der Waals surface area contributed by atoms with E-state index in [4.69, 9.17) is 5.21 Å². The van der Waals surface area contributed by atoms with Gasteiger partial charge in [0.05, 0.1) is 5.69 Å². The van der Waals surface area contributed by atoms with Crippen LogP contribution in [0.15, 0.2) is 15.6 Å². The molecule has 0 aromatic carbocycles. The van der Waals surface area contributed by atoms with E-state index in [1.807, 2.05) is 0 Å². The van der Waals surface area contributed by atoms with Gasteiger partial charge in [-0.3, -0.25) is 10.7 Å². The number of nitrogens with zero attached hydrogens (tertiary/aromatic N) is 2. The van der Waals surface area contributed by atoms with Gasteiger partial charge < -0.3 is 4.52 Å². The molecule has 0 aliphatic heterocycles. The lowest BCUT2D eigenvalue weighted by molar-refractivity contribution is 0.239. The van der Waals surface area contributed by atoms with Gasteiger partial charge in [-0.05, 0) is 6.92 Å². The maximum atomic E-state index is 8.07. The first-order chi connectivity index (χ1) is 4.83. The Bertz CT molecular complexity index is 231. The second kappa shape index (κ2) is 2.98. The maximum absolute atomic E-state index is 8.07. The van der Waals surface area contributed by atoms with E-state index in [0.29, 0.717) is 5.88 Å². The zero-order chi connectivity index (χ0) is 7.40. The van der Waals surface area contributed by atoms with Crippen molar-refractivity contribution in [2.45, 2.75) is 6.92 Å². The predicted octanol–water partition coefficient (Wildman–Crippen LogP) is 0.622. The number of hydrogen-bond donors (Lipinski definition) is 2. The summed E-state index contributed by atoms with van der Waals surface area (Å²) in [4.78, 5) is 3.63.